The van der Waals surface area contributed by atoms with Crippen LogP contribution in [0.5, 0.6) is 0 Å². The van der Waals surface area contributed by atoms with E-state index in [2.05, 4.69) is 0 Å². The normalized spacial score (nSPS) is 2.80. The van der Waals surface area contributed by atoms with Crippen molar-refractivity contribution < 1.29 is 10.0 Å². The van der Waals surface area contributed by atoms with Crippen LogP contribution in [0.4, 0.5) is 0 Å². The Balaban J connectivity index is -0.0000000200. The molecule has 0 spiro atoms. The van der Waals surface area contributed by atoms with E-state index in [0.717, 1.165) is 0 Å². The molecule has 5 heavy (non-hydrogen) atoms. The molecule has 0 bridgehead atoms. The average molecular weight is 78.9 g/mol. The van der Waals surface area contributed by atoms with Gasteiger partial charge >= 0.3 is 0 Å². The molecule has 0 aromatic rings. The Labute approximate surface area is 31.3 Å². The summed E-state index contributed by atoms with van der Waals surface area (Å²) in [5.74, 6) is 0. The van der Waals surface area contributed by atoms with Crippen molar-refractivity contribution in [3.63, 3.8) is 0 Å². The van der Waals surface area contributed by atoms with Crippen molar-refractivity contribution in [3.05, 3.63) is 0 Å². The van der Waals surface area contributed by atoms with Gasteiger partial charge in [-0.25, -0.2) is 7.69 Å². The van der Waals surface area contributed by atoms with Crippen LogP contribution in [-0.2, 0) is 0 Å². The van der Waals surface area contributed by atoms with E-state index in [1.807, 2.05) is 0 Å². The molecule has 0 aromatic carbocycles. The minimum atomic E-state index is -0.500. The molecule has 5 heteroatoms. The molecule has 8 N–H and O–H groups in total. The second-order valence-electron chi connectivity index (χ2n) is 0.0962. The van der Waals surface area contributed by atoms with Crippen LogP contribution in [0.1, 0.15) is 0 Å². The molecule has 4 nitrogen and oxygen atoms in total. The van der Waals surface area contributed by atoms with Crippen molar-refractivity contribution in [1.82, 2.24) is 12.3 Å². The van der Waals surface area contributed by atoms with E-state index >= 15 is 0 Å². The number of hydrogen-bond donors (Lipinski definition) is 2. The van der Waals surface area contributed by atoms with E-state index < -0.39 is 7.69 Å². The molecule has 0 saturated carbocycles. The minimum Gasteiger partial charge on any atom is -0.900 e. The molecule has 0 aliphatic rings. The van der Waals surface area contributed by atoms with E-state index in [-0.39, 0.29) is 12.3 Å². The molecular weight excluding hydrogens is 70.8 g/mol. The van der Waals surface area contributed by atoms with E-state index in [1.165, 1.54) is 0 Å². The van der Waals surface area contributed by atoms with Gasteiger partial charge in [-0.3, -0.25) is 0 Å². The predicted octanol–water partition coefficient (Wildman–Crippen LogP) is -2.01. The van der Waals surface area contributed by atoms with Crippen molar-refractivity contribution in [1.29, 1.82) is 0 Å². The highest BCUT2D eigenvalue weighted by atomic mass is 16.4. The fraction of sp³-hybridized carbons (Fsp3) is 0. The zero-order chi connectivity index (χ0) is 2.71. The van der Waals surface area contributed by atoms with Gasteiger partial charge in [0.15, 0.2) is 0 Å². The van der Waals surface area contributed by atoms with Crippen LogP contribution in [-0.4, -0.2) is 7.69 Å². The lowest BCUT2D eigenvalue weighted by atomic mass is 10.5. The predicted molar refractivity (Wildman–Crippen MR) is 17.7 cm³/mol. The zero-order valence-corrected chi connectivity index (χ0v) is 3.39. The lowest BCUT2D eigenvalue weighted by Crippen LogP contribution is -2.26. The van der Waals surface area contributed by atoms with Gasteiger partial charge in [0.2, 0.25) is 0 Å². The molecule has 0 amide bonds. The quantitative estimate of drug-likeness (QED) is 0.326. The van der Waals surface area contributed by atoms with Crippen molar-refractivity contribution >= 4 is 7.69 Å². The van der Waals surface area contributed by atoms with E-state index in [0.29, 0.717) is 0 Å². The Kier molecular flexibility index (Phi) is 166. The summed E-state index contributed by atoms with van der Waals surface area (Å²) in [7, 11) is -0.500. The highest BCUT2D eigenvalue weighted by Gasteiger charge is 0.907. The van der Waals surface area contributed by atoms with Gasteiger partial charge in [0, 0.05) is 0 Å². The molecule has 1 radical (unpaired) electrons. The molecule has 0 unspecified atom stereocenters. The molecule has 0 rings (SSSR count). The van der Waals surface area contributed by atoms with Crippen molar-refractivity contribution in [3.8, 4) is 0 Å². The molecular formula is H8BN2O2. The van der Waals surface area contributed by atoms with E-state index in [4.69, 9.17) is 10.0 Å². The fourth-order valence-corrected chi connectivity index (χ4v) is 0. The molecule has 0 aliphatic carbocycles. The highest BCUT2D eigenvalue weighted by molar-refractivity contribution is 6.08. The first-order valence-corrected chi connectivity index (χ1v) is 0.471. The van der Waals surface area contributed by atoms with Gasteiger partial charge in [0.05, 0.1) is 0 Å². The second-order valence-corrected chi connectivity index (χ2v) is 0.0962. The van der Waals surface area contributed by atoms with Crippen LogP contribution in [0, 0.1) is 0 Å². The molecule has 0 heterocycles. The van der Waals surface area contributed by atoms with Gasteiger partial charge in [0.1, 0.15) is 0 Å². The second kappa shape index (κ2) is 40.2. The monoisotopic (exact) mass is 79.1 g/mol. The standard InChI is InChI=1S/BO2.2H3N/c2-1-3;;/h;2*1H3/q-2;;/p+2. The Bertz CT molecular complexity index is 7.61. The number of quaternary nitrogens is 2. The topological polar surface area (TPSA) is 119 Å². The summed E-state index contributed by atoms with van der Waals surface area (Å²) in [5.41, 5.74) is 0. The van der Waals surface area contributed by atoms with Gasteiger partial charge in [-0.2, -0.15) is 0 Å². The zero-order valence-electron chi connectivity index (χ0n) is 3.39. The molecule has 0 aromatic heterocycles. The molecule has 0 aliphatic heterocycles. The smallest absolute Gasteiger partial charge is 0.200 e. The summed E-state index contributed by atoms with van der Waals surface area (Å²) >= 11 is 0. The summed E-state index contributed by atoms with van der Waals surface area (Å²) in [4.78, 5) is 0. The summed E-state index contributed by atoms with van der Waals surface area (Å²) in [6.45, 7) is 0. The van der Waals surface area contributed by atoms with Gasteiger partial charge in [-0.15, -0.1) is 0 Å². The third-order valence-corrected chi connectivity index (χ3v) is 0. The molecule has 33 valence electrons. The first kappa shape index (κ1) is 20.6. The summed E-state index contributed by atoms with van der Waals surface area (Å²) in [6, 6.07) is 0. The molecule has 0 atom stereocenters. The lowest BCUT2D eigenvalue weighted by Gasteiger charge is -2.01. The van der Waals surface area contributed by atoms with E-state index in [9.17, 15) is 0 Å². The van der Waals surface area contributed by atoms with Gasteiger partial charge in [0.25, 0.3) is 0 Å². The van der Waals surface area contributed by atoms with Crippen molar-refractivity contribution in [2.24, 2.45) is 0 Å². The molecule has 0 saturated heterocycles. The Morgan fingerprint density at radius 2 is 1.00 bits per heavy atom. The van der Waals surface area contributed by atoms with Gasteiger partial charge in [-0.05, 0) is 0 Å². The van der Waals surface area contributed by atoms with Crippen LogP contribution in [0.15, 0.2) is 0 Å². The third kappa shape index (κ3) is 1570. The highest BCUT2D eigenvalue weighted by Crippen LogP contribution is 0.686. The SMILES string of the molecule is [NH4+].[NH4+].[O-][B][O-]. The van der Waals surface area contributed by atoms with Crippen LogP contribution < -0.4 is 22.3 Å². The first-order chi connectivity index (χ1) is 1.41. The molecule has 0 fully saturated rings. The van der Waals surface area contributed by atoms with Crippen molar-refractivity contribution in [2.75, 3.05) is 0 Å². The maximum Gasteiger partial charge on any atom is -0.200 e. The summed E-state index contributed by atoms with van der Waals surface area (Å²) in [5, 5.41) is 16.5. The number of rotatable bonds is 0. The van der Waals surface area contributed by atoms with Crippen LogP contribution in [0.3, 0.4) is 0 Å². The summed E-state index contributed by atoms with van der Waals surface area (Å²) in [6.07, 6.45) is 0. The van der Waals surface area contributed by atoms with Crippen LogP contribution in [0.2, 0.25) is 0 Å². The Hall–Kier alpha value is -0.0951. The lowest BCUT2D eigenvalue weighted by molar-refractivity contribution is -0.328. The third-order valence-electron chi connectivity index (χ3n) is 0. The fourth-order valence-electron chi connectivity index (χ4n) is 0. The van der Waals surface area contributed by atoms with Crippen LogP contribution >= 0.6 is 0 Å². The maximum absolute atomic E-state index is 8.25. The van der Waals surface area contributed by atoms with Gasteiger partial charge < -0.3 is 22.3 Å². The maximum atomic E-state index is 8.25. The number of hydrogen-bond acceptors (Lipinski definition) is 2. The van der Waals surface area contributed by atoms with E-state index in [1.54, 1.807) is 0 Å². The first-order valence-electron chi connectivity index (χ1n) is 0.471. The minimum absolute atomic E-state index is 0. The van der Waals surface area contributed by atoms with Crippen LogP contribution in [0.25, 0.3) is 0 Å². The van der Waals surface area contributed by atoms with Gasteiger partial charge in [-0.1, -0.05) is 0 Å². The summed E-state index contributed by atoms with van der Waals surface area (Å²) < 4.78 is 0. The Morgan fingerprint density at radius 3 is 1.00 bits per heavy atom. The Morgan fingerprint density at radius 1 is 1.00 bits per heavy atom. The average Bonchev–Trinajstić information content (AvgIpc) is 0.918. The largest absolute Gasteiger partial charge is 0.900 e. The van der Waals surface area contributed by atoms with Crippen molar-refractivity contribution in [2.45, 2.75) is 0 Å².